The third-order valence-electron chi connectivity index (χ3n) is 2.28. The van der Waals surface area contributed by atoms with Crippen molar-refractivity contribution in [2.24, 2.45) is 0 Å². The molecule has 2 heterocycles. The lowest BCUT2D eigenvalue weighted by atomic mass is 10.3. The topological polar surface area (TPSA) is 108 Å². The van der Waals surface area contributed by atoms with Crippen molar-refractivity contribution < 1.29 is 4.79 Å². The van der Waals surface area contributed by atoms with Crippen LogP contribution in [-0.2, 0) is 0 Å². The number of anilines is 1. The molecular weight excluding hydrogens is 316 g/mol. The number of hydrogen-bond donors (Lipinski definition) is 3. The minimum absolute atomic E-state index is 0.127. The number of H-pyrrole nitrogens is 2. The molecule has 2 aromatic heterocycles. The van der Waals surface area contributed by atoms with Gasteiger partial charge in [-0.05, 0) is 34.5 Å². The lowest BCUT2D eigenvalue weighted by Gasteiger charge is -2.07. The molecule has 0 aromatic carbocycles. The minimum atomic E-state index is -0.738. The van der Waals surface area contributed by atoms with E-state index in [2.05, 4.69) is 31.2 Å². The van der Waals surface area contributed by atoms with E-state index >= 15 is 0 Å². The molecule has 0 saturated heterocycles. The van der Waals surface area contributed by atoms with Crippen LogP contribution in [-0.4, -0.2) is 20.9 Å². The number of hydrogen-bond acceptors (Lipinski definition) is 4. The van der Waals surface area contributed by atoms with Crippen LogP contribution in [0.2, 0.25) is 0 Å². The summed E-state index contributed by atoms with van der Waals surface area (Å²) in [5.41, 5.74) is -0.764. The molecule has 0 atom stereocenters. The monoisotopic (exact) mass is 324 g/mol. The van der Waals surface area contributed by atoms with Gasteiger partial charge in [0, 0.05) is 16.7 Å². The number of halogens is 1. The summed E-state index contributed by atoms with van der Waals surface area (Å²) in [6.07, 6.45) is 1.53. The van der Waals surface area contributed by atoms with Crippen LogP contribution in [0, 0.1) is 6.92 Å². The maximum absolute atomic E-state index is 11.9. The van der Waals surface area contributed by atoms with E-state index in [-0.39, 0.29) is 5.69 Å². The zero-order valence-corrected chi connectivity index (χ0v) is 11.4. The first kappa shape index (κ1) is 13.2. The predicted molar refractivity (Wildman–Crippen MR) is 72.3 cm³/mol. The summed E-state index contributed by atoms with van der Waals surface area (Å²) >= 11 is 3.26. The zero-order valence-electron chi connectivity index (χ0n) is 9.78. The number of pyridine rings is 1. The molecule has 7 nitrogen and oxygen atoms in total. The van der Waals surface area contributed by atoms with E-state index in [0.717, 1.165) is 16.1 Å². The SMILES string of the molecule is Cc1cc(Br)cnc1NC(=O)c1cc(=O)[nH]c(=O)[nH]1. The Hall–Kier alpha value is -2.22. The van der Waals surface area contributed by atoms with Crippen molar-refractivity contribution in [1.82, 2.24) is 15.0 Å². The quantitative estimate of drug-likeness (QED) is 0.758. The van der Waals surface area contributed by atoms with Crippen molar-refractivity contribution in [3.05, 3.63) is 54.9 Å². The summed E-state index contributed by atoms with van der Waals surface area (Å²) in [5.74, 6) is -0.254. The molecule has 0 unspecified atom stereocenters. The molecular formula is C11H9BrN4O3. The van der Waals surface area contributed by atoms with E-state index in [1.807, 2.05) is 4.98 Å². The summed E-state index contributed by atoms with van der Waals surface area (Å²) in [4.78, 5) is 42.3. The van der Waals surface area contributed by atoms with Crippen molar-refractivity contribution in [2.45, 2.75) is 6.92 Å². The number of carbonyl (C=O) groups excluding carboxylic acids is 1. The Morgan fingerprint density at radius 1 is 1.32 bits per heavy atom. The third-order valence-corrected chi connectivity index (χ3v) is 2.72. The van der Waals surface area contributed by atoms with Crippen molar-refractivity contribution in [2.75, 3.05) is 5.32 Å². The van der Waals surface area contributed by atoms with Crippen LogP contribution in [0.1, 0.15) is 16.1 Å². The number of aryl methyl sites for hydroxylation is 1. The lowest BCUT2D eigenvalue weighted by Crippen LogP contribution is -2.27. The van der Waals surface area contributed by atoms with Crippen molar-refractivity contribution in [1.29, 1.82) is 0 Å². The summed E-state index contributed by atoms with van der Waals surface area (Å²) in [7, 11) is 0. The first-order valence-corrected chi connectivity index (χ1v) is 6.02. The van der Waals surface area contributed by atoms with E-state index in [0.29, 0.717) is 5.82 Å². The van der Waals surface area contributed by atoms with Gasteiger partial charge in [-0.3, -0.25) is 14.6 Å². The van der Waals surface area contributed by atoms with Crippen LogP contribution in [0.4, 0.5) is 5.82 Å². The van der Waals surface area contributed by atoms with Gasteiger partial charge in [-0.1, -0.05) is 0 Å². The van der Waals surface area contributed by atoms with Crippen molar-refractivity contribution >= 4 is 27.7 Å². The van der Waals surface area contributed by atoms with Gasteiger partial charge in [0.05, 0.1) is 0 Å². The molecule has 0 aliphatic heterocycles. The summed E-state index contributed by atoms with van der Waals surface area (Å²) < 4.78 is 0.785. The van der Waals surface area contributed by atoms with E-state index in [1.54, 1.807) is 13.0 Å². The second-order valence-electron chi connectivity index (χ2n) is 3.77. The molecule has 0 aliphatic rings. The van der Waals surface area contributed by atoms with Gasteiger partial charge in [0.1, 0.15) is 11.5 Å². The molecule has 8 heteroatoms. The molecule has 98 valence electrons. The molecule has 2 rings (SSSR count). The van der Waals surface area contributed by atoms with Crippen LogP contribution < -0.4 is 16.6 Å². The Balaban J connectivity index is 2.30. The number of nitrogens with zero attached hydrogens (tertiary/aromatic N) is 1. The number of aromatic nitrogens is 3. The van der Waals surface area contributed by atoms with E-state index in [1.165, 1.54) is 6.20 Å². The van der Waals surface area contributed by atoms with Crippen LogP contribution in [0.3, 0.4) is 0 Å². The number of rotatable bonds is 2. The Morgan fingerprint density at radius 2 is 2.05 bits per heavy atom. The van der Waals surface area contributed by atoms with Crippen molar-refractivity contribution in [3.63, 3.8) is 0 Å². The summed E-state index contributed by atoms with van der Waals surface area (Å²) in [6.45, 7) is 1.77. The fourth-order valence-corrected chi connectivity index (χ4v) is 1.88. The van der Waals surface area contributed by atoms with Gasteiger partial charge in [-0.15, -0.1) is 0 Å². The largest absolute Gasteiger partial charge is 0.326 e. The highest BCUT2D eigenvalue weighted by Gasteiger charge is 2.10. The van der Waals surface area contributed by atoms with Crippen LogP contribution in [0.25, 0.3) is 0 Å². The normalized spacial score (nSPS) is 10.2. The molecule has 0 spiro atoms. The third kappa shape index (κ3) is 3.16. The Kier molecular flexibility index (Phi) is 3.61. The second-order valence-corrected chi connectivity index (χ2v) is 4.69. The predicted octanol–water partition coefficient (Wildman–Crippen LogP) is 0.781. The van der Waals surface area contributed by atoms with Gasteiger partial charge in [0.2, 0.25) is 0 Å². The maximum Gasteiger partial charge on any atom is 0.326 e. The Labute approximate surface area is 115 Å². The molecule has 19 heavy (non-hydrogen) atoms. The highest BCUT2D eigenvalue weighted by Crippen LogP contribution is 2.16. The average molecular weight is 325 g/mol. The number of nitrogens with one attached hydrogen (secondary N) is 3. The smallest absolute Gasteiger partial charge is 0.305 e. The Morgan fingerprint density at radius 3 is 2.68 bits per heavy atom. The highest BCUT2D eigenvalue weighted by molar-refractivity contribution is 9.10. The van der Waals surface area contributed by atoms with Gasteiger partial charge >= 0.3 is 5.69 Å². The maximum atomic E-state index is 11.9. The first-order chi connectivity index (χ1) is 8.95. The summed E-state index contributed by atoms with van der Waals surface area (Å²) in [5, 5.41) is 2.51. The summed E-state index contributed by atoms with van der Waals surface area (Å²) in [6, 6.07) is 2.79. The fourth-order valence-electron chi connectivity index (χ4n) is 1.44. The first-order valence-electron chi connectivity index (χ1n) is 5.23. The molecule has 3 N–H and O–H groups in total. The molecule has 0 fully saturated rings. The van der Waals surface area contributed by atoms with Crippen molar-refractivity contribution in [3.8, 4) is 0 Å². The average Bonchev–Trinajstić information content (AvgIpc) is 2.31. The number of aromatic amines is 2. The molecule has 0 radical (unpaired) electrons. The van der Waals surface area contributed by atoms with Crippen LogP contribution >= 0.6 is 15.9 Å². The fraction of sp³-hybridized carbons (Fsp3) is 0.0909. The zero-order chi connectivity index (χ0) is 14.0. The van der Waals surface area contributed by atoms with Gasteiger partial charge in [-0.25, -0.2) is 9.78 Å². The van der Waals surface area contributed by atoms with E-state index in [4.69, 9.17) is 0 Å². The van der Waals surface area contributed by atoms with Gasteiger partial charge in [-0.2, -0.15) is 0 Å². The second kappa shape index (κ2) is 5.19. The molecule has 1 amide bonds. The van der Waals surface area contributed by atoms with E-state index in [9.17, 15) is 14.4 Å². The van der Waals surface area contributed by atoms with Gasteiger partial charge < -0.3 is 10.3 Å². The van der Waals surface area contributed by atoms with Crippen LogP contribution in [0.15, 0.2) is 32.4 Å². The van der Waals surface area contributed by atoms with Gasteiger partial charge in [0.15, 0.2) is 0 Å². The lowest BCUT2D eigenvalue weighted by molar-refractivity contribution is 0.102. The number of carbonyl (C=O) groups is 1. The Bertz CT molecular complexity index is 722. The molecule has 0 saturated carbocycles. The highest BCUT2D eigenvalue weighted by atomic mass is 79.9. The molecule has 0 aliphatic carbocycles. The van der Waals surface area contributed by atoms with Gasteiger partial charge in [0.25, 0.3) is 11.5 Å². The number of amides is 1. The minimum Gasteiger partial charge on any atom is -0.305 e. The van der Waals surface area contributed by atoms with Crippen LogP contribution in [0.5, 0.6) is 0 Å². The van der Waals surface area contributed by atoms with E-state index < -0.39 is 17.2 Å². The standard InChI is InChI=1S/C11H9BrN4O3/c1-5-2-6(12)4-13-9(5)16-10(18)7-3-8(17)15-11(19)14-7/h2-4H,1H3,(H,13,16,18)(H2,14,15,17,19). The molecule has 2 aromatic rings. The molecule has 0 bridgehead atoms.